The second kappa shape index (κ2) is 8.35. The number of hydrogen-bond donors (Lipinski definition) is 2. The third-order valence-electron chi connectivity index (χ3n) is 4.19. The highest BCUT2D eigenvalue weighted by Gasteiger charge is 2.20. The largest absolute Gasteiger partial charge is 0.451 e. The Kier molecular flexibility index (Phi) is 5.89. The van der Waals surface area contributed by atoms with E-state index >= 15 is 0 Å². The molecule has 0 spiro atoms. The van der Waals surface area contributed by atoms with Gasteiger partial charge in [-0.1, -0.05) is 12.1 Å². The minimum atomic E-state index is -0.647. The summed E-state index contributed by atoms with van der Waals surface area (Å²) >= 11 is 1.16. The number of nitrogens with two attached hydrogens (primary N) is 1. The number of aryl methyl sites for hydroxylation is 2. The number of fused-ring (bicyclic) bond motifs is 1. The van der Waals surface area contributed by atoms with Crippen molar-refractivity contribution in [2.45, 2.75) is 20.3 Å². The van der Waals surface area contributed by atoms with Gasteiger partial charge in [0.25, 0.3) is 5.91 Å². The summed E-state index contributed by atoms with van der Waals surface area (Å²) in [7, 11) is 0. The van der Waals surface area contributed by atoms with Crippen molar-refractivity contribution in [2.75, 3.05) is 18.9 Å². The summed E-state index contributed by atoms with van der Waals surface area (Å²) in [5, 5.41) is 3.40. The Labute approximate surface area is 165 Å². The molecule has 8 heteroatoms. The van der Waals surface area contributed by atoms with E-state index in [0.29, 0.717) is 23.5 Å². The highest BCUT2D eigenvalue weighted by atomic mass is 32.1. The van der Waals surface area contributed by atoms with Crippen molar-refractivity contribution >= 4 is 39.1 Å². The molecule has 3 N–H and O–H groups in total. The molecule has 6 nitrogen and oxygen atoms in total. The standard InChI is InChI=1S/C20H20FN3O3S/c1-11-9-12(2)24-19-16(11)17(22)18(28-19)20(26)27-10-15(25)23-8-7-13-3-5-14(21)6-4-13/h3-6,9H,7-8,10,22H2,1-2H3,(H,23,25). The predicted octanol–water partition coefficient (Wildman–Crippen LogP) is 3.15. The first-order valence-electron chi connectivity index (χ1n) is 8.69. The quantitative estimate of drug-likeness (QED) is 0.619. The summed E-state index contributed by atoms with van der Waals surface area (Å²) in [6.45, 7) is 3.73. The number of carbonyl (C=O) groups is 2. The number of hydrogen-bond acceptors (Lipinski definition) is 6. The number of nitrogens with zero attached hydrogens (tertiary/aromatic N) is 1. The van der Waals surface area contributed by atoms with Gasteiger partial charge in [0, 0.05) is 17.6 Å². The third kappa shape index (κ3) is 4.45. The first-order chi connectivity index (χ1) is 13.3. The number of nitrogens with one attached hydrogen (secondary N) is 1. The van der Waals surface area contributed by atoms with Crippen LogP contribution in [0, 0.1) is 19.7 Å². The Balaban J connectivity index is 1.54. The molecule has 146 valence electrons. The number of thiophene rings is 1. The van der Waals surface area contributed by atoms with Crippen LogP contribution in [0.4, 0.5) is 10.1 Å². The van der Waals surface area contributed by atoms with Crippen LogP contribution in [-0.2, 0) is 16.0 Å². The highest BCUT2D eigenvalue weighted by molar-refractivity contribution is 7.21. The Morgan fingerprint density at radius 3 is 2.68 bits per heavy atom. The second-order valence-electron chi connectivity index (χ2n) is 6.41. The number of benzene rings is 1. The summed E-state index contributed by atoms with van der Waals surface area (Å²) in [5.74, 6) is -1.37. The zero-order valence-corrected chi connectivity index (χ0v) is 16.4. The molecule has 0 unspecified atom stereocenters. The Bertz CT molecular complexity index is 1030. The lowest BCUT2D eigenvalue weighted by atomic mass is 10.1. The van der Waals surface area contributed by atoms with Crippen molar-refractivity contribution in [1.82, 2.24) is 10.3 Å². The molecule has 2 aromatic heterocycles. The van der Waals surface area contributed by atoms with Crippen LogP contribution in [0.15, 0.2) is 30.3 Å². The van der Waals surface area contributed by atoms with Gasteiger partial charge in [-0.15, -0.1) is 11.3 Å². The first-order valence-corrected chi connectivity index (χ1v) is 9.51. The number of nitrogen functional groups attached to an aromatic ring is 1. The van der Waals surface area contributed by atoms with Gasteiger partial charge in [-0.3, -0.25) is 4.79 Å². The summed E-state index contributed by atoms with van der Waals surface area (Å²) in [4.78, 5) is 29.5. The van der Waals surface area contributed by atoms with Crippen molar-refractivity contribution in [3.8, 4) is 0 Å². The molecule has 1 amide bonds. The van der Waals surface area contributed by atoms with Crippen molar-refractivity contribution < 1.29 is 18.7 Å². The van der Waals surface area contributed by atoms with Gasteiger partial charge < -0.3 is 15.8 Å². The number of aromatic nitrogens is 1. The van der Waals surface area contributed by atoms with E-state index in [1.54, 1.807) is 12.1 Å². The van der Waals surface area contributed by atoms with Crippen LogP contribution < -0.4 is 11.1 Å². The summed E-state index contributed by atoms with van der Waals surface area (Å²) in [5.41, 5.74) is 9.10. The lowest BCUT2D eigenvalue weighted by Gasteiger charge is -2.06. The smallest absolute Gasteiger partial charge is 0.351 e. The normalized spacial score (nSPS) is 10.8. The van der Waals surface area contributed by atoms with Gasteiger partial charge in [0.1, 0.15) is 15.5 Å². The monoisotopic (exact) mass is 401 g/mol. The molecule has 0 aliphatic carbocycles. The highest BCUT2D eigenvalue weighted by Crippen LogP contribution is 2.35. The summed E-state index contributed by atoms with van der Waals surface area (Å²) in [6.07, 6.45) is 0.549. The molecule has 0 atom stereocenters. The van der Waals surface area contributed by atoms with Crippen molar-refractivity contribution in [2.24, 2.45) is 0 Å². The molecule has 3 aromatic rings. The van der Waals surface area contributed by atoms with Crippen LogP contribution in [0.25, 0.3) is 10.2 Å². The van der Waals surface area contributed by atoms with Crippen LogP contribution in [0.1, 0.15) is 26.5 Å². The Morgan fingerprint density at radius 1 is 1.25 bits per heavy atom. The number of esters is 1. The van der Waals surface area contributed by atoms with Gasteiger partial charge in [0.15, 0.2) is 6.61 Å². The van der Waals surface area contributed by atoms with Crippen LogP contribution in [0.3, 0.4) is 0 Å². The topological polar surface area (TPSA) is 94.3 Å². The molecular weight excluding hydrogens is 381 g/mol. The van der Waals surface area contributed by atoms with Crippen molar-refractivity contribution in [3.63, 3.8) is 0 Å². The van der Waals surface area contributed by atoms with E-state index in [1.165, 1.54) is 12.1 Å². The van der Waals surface area contributed by atoms with E-state index in [9.17, 15) is 14.0 Å². The van der Waals surface area contributed by atoms with Crippen LogP contribution >= 0.6 is 11.3 Å². The maximum atomic E-state index is 12.9. The molecule has 0 bridgehead atoms. The maximum Gasteiger partial charge on any atom is 0.351 e. The third-order valence-corrected chi connectivity index (χ3v) is 5.27. The van der Waals surface area contributed by atoms with Crippen LogP contribution in [-0.4, -0.2) is 30.0 Å². The molecule has 0 saturated carbocycles. The van der Waals surface area contributed by atoms with E-state index in [4.69, 9.17) is 10.5 Å². The predicted molar refractivity (Wildman–Crippen MR) is 107 cm³/mol. The van der Waals surface area contributed by atoms with E-state index < -0.39 is 18.5 Å². The number of amides is 1. The molecule has 28 heavy (non-hydrogen) atoms. The van der Waals surface area contributed by atoms with Gasteiger partial charge in [-0.05, 0) is 49.6 Å². The lowest BCUT2D eigenvalue weighted by Crippen LogP contribution is -2.30. The van der Waals surface area contributed by atoms with Gasteiger partial charge >= 0.3 is 5.97 Å². The average Bonchev–Trinajstić information content (AvgIpc) is 2.98. The van der Waals surface area contributed by atoms with E-state index in [1.807, 2.05) is 19.9 Å². The van der Waals surface area contributed by atoms with E-state index in [-0.39, 0.29) is 10.7 Å². The molecule has 0 saturated heterocycles. The number of pyridine rings is 1. The number of anilines is 1. The maximum absolute atomic E-state index is 12.9. The number of carbonyl (C=O) groups excluding carboxylic acids is 2. The average molecular weight is 401 g/mol. The van der Waals surface area contributed by atoms with Crippen molar-refractivity contribution in [3.05, 3.63) is 57.8 Å². The second-order valence-corrected chi connectivity index (χ2v) is 7.41. The zero-order valence-electron chi connectivity index (χ0n) is 15.5. The lowest BCUT2D eigenvalue weighted by molar-refractivity contribution is -0.124. The minimum absolute atomic E-state index is 0.246. The van der Waals surface area contributed by atoms with E-state index in [0.717, 1.165) is 33.5 Å². The van der Waals surface area contributed by atoms with Crippen LogP contribution in [0.5, 0.6) is 0 Å². The SMILES string of the molecule is Cc1cc(C)c2c(N)c(C(=O)OCC(=O)NCCc3ccc(F)cc3)sc2n1. The molecule has 0 radical (unpaired) electrons. The van der Waals surface area contributed by atoms with Gasteiger partial charge in [-0.25, -0.2) is 14.2 Å². The molecule has 0 aliphatic rings. The van der Waals surface area contributed by atoms with Crippen molar-refractivity contribution in [1.29, 1.82) is 0 Å². The number of rotatable bonds is 6. The van der Waals surface area contributed by atoms with Crippen LogP contribution in [0.2, 0.25) is 0 Å². The fourth-order valence-corrected chi connectivity index (χ4v) is 3.98. The summed E-state index contributed by atoms with van der Waals surface area (Å²) < 4.78 is 18.0. The minimum Gasteiger partial charge on any atom is -0.451 e. The molecule has 0 aliphatic heterocycles. The van der Waals surface area contributed by atoms with Gasteiger partial charge in [0.2, 0.25) is 0 Å². The first kappa shape index (κ1) is 19.8. The molecule has 1 aromatic carbocycles. The molecule has 0 fully saturated rings. The Morgan fingerprint density at radius 2 is 1.96 bits per heavy atom. The molecule has 2 heterocycles. The fraction of sp³-hybridized carbons (Fsp3) is 0.250. The Hall–Kier alpha value is -3.00. The van der Waals surface area contributed by atoms with E-state index in [2.05, 4.69) is 10.3 Å². The van der Waals surface area contributed by atoms with Gasteiger partial charge in [0.05, 0.1) is 5.69 Å². The fourth-order valence-electron chi connectivity index (χ4n) is 2.87. The number of halogens is 1. The molecular formula is C20H20FN3O3S. The summed E-state index contributed by atoms with van der Waals surface area (Å²) in [6, 6.07) is 7.95. The zero-order chi connectivity index (χ0) is 20.3. The number of ether oxygens (including phenoxy) is 1. The molecule has 3 rings (SSSR count). The van der Waals surface area contributed by atoms with Gasteiger partial charge in [-0.2, -0.15) is 0 Å².